The van der Waals surface area contributed by atoms with Crippen LogP contribution in [0.5, 0.6) is 0 Å². The van der Waals surface area contributed by atoms with Crippen LogP contribution in [0, 0.1) is 17.1 Å². The molecule has 142 valence electrons. The SMILES string of the molecule is CCOC(=O)C1=C(c2ccccc2)OC(N)=C(C#N)[C@@H]1c1cc(Br)ccc1F. The lowest BCUT2D eigenvalue weighted by Gasteiger charge is -2.28. The highest BCUT2D eigenvalue weighted by Gasteiger charge is 2.39. The number of benzene rings is 2. The highest BCUT2D eigenvalue weighted by atomic mass is 79.9. The van der Waals surface area contributed by atoms with E-state index in [9.17, 15) is 14.4 Å². The number of carbonyl (C=O) groups is 1. The summed E-state index contributed by atoms with van der Waals surface area (Å²) < 4.78 is 26.2. The van der Waals surface area contributed by atoms with Crippen LogP contribution in [0.25, 0.3) is 5.76 Å². The summed E-state index contributed by atoms with van der Waals surface area (Å²) >= 11 is 3.31. The summed E-state index contributed by atoms with van der Waals surface area (Å²) in [5, 5.41) is 9.66. The number of ether oxygens (including phenoxy) is 2. The van der Waals surface area contributed by atoms with E-state index in [1.807, 2.05) is 12.1 Å². The molecule has 0 amide bonds. The van der Waals surface area contributed by atoms with E-state index < -0.39 is 17.7 Å². The van der Waals surface area contributed by atoms with Gasteiger partial charge in [0.15, 0.2) is 0 Å². The zero-order valence-electron chi connectivity index (χ0n) is 14.9. The molecule has 0 aliphatic carbocycles. The fourth-order valence-corrected chi connectivity index (χ4v) is 3.41. The van der Waals surface area contributed by atoms with Crippen molar-refractivity contribution in [2.45, 2.75) is 12.8 Å². The van der Waals surface area contributed by atoms with Gasteiger partial charge in [-0.25, -0.2) is 9.18 Å². The monoisotopic (exact) mass is 442 g/mol. The Kier molecular flexibility index (Phi) is 5.81. The van der Waals surface area contributed by atoms with Gasteiger partial charge in [0.05, 0.1) is 18.1 Å². The lowest BCUT2D eigenvalue weighted by atomic mass is 9.81. The van der Waals surface area contributed by atoms with Gasteiger partial charge in [-0.2, -0.15) is 5.26 Å². The summed E-state index contributed by atoms with van der Waals surface area (Å²) in [7, 11) is 0. The van der Waals surface area contributed by atoms with Gasteiger partial charge in [0.1, 0.15) is 23.2 Å². The Labute approximate surface area is 170 Å². The summed E-state index contributed by atoms with van der Waals surface area (Å²) in [6.45, 7) is 1.77. The van der Waals surface area contributed by atoms with E-state index in [1.54, 1.807) is 31.2 Å². The predicted octanol–water partition coefficient (Wildman–Crippen LogP) is 4.37. The molecule has 1 heterocycles. The molecule has 0 radical (unpaired) electrons. The van der Waals surface area contributed by atoms with Crippen LogP contribution in [-0.2, 0) is 14.3 Å². The molecule has 1 aliphatic rings. The van der Waals surface area contributed by atoms with Crippen molar-refractivity contribution in [1.29, 1.82) is 5.26 Å². The number of hydrogen-bond donors (Lipinski definition) is 1. The summed E-state index contributed by atoms with van der Waals surface area (Å²) in [6, 6.07) is 15.1. The van der Waals surface area contributed by atoms with Crippen LogP contribution in [0.15, 0.2) is 70.0 Å². The number of halogens is 2. The minimum Gasteiger partial charge on any atom is -0.463 e. The van der Waals surface area contributed by atoms with Gasteiger partial charge in [0, 0.05) is 15.6 Å². The maximum atomic E-state index is 14.7. The molecule has 0 aromatic heterocycles. The van der Waals surface area contributed by atoms with E-state index in [2.05, 4.69) is 15.9 Å². The second-order valence-electron chi connectivity index (χ2n) is 5.92. The molecule has 28 heavy (non-hydrogen) atoms. The van der Waals surface area contributed by atoms with Crippen LogP contribution in [0.4, 0.5) is 4.39 Å². The maximum Gasteiger partial charge on any atom is 0.338 e. The largest absolute Gasteiger partial charge is 0.463 e. The first-order valence-corrected chi connectivity index (χ1v) is 9.26. The van der Waals surface area contributed by atoms with Crippen LogP contribution in [-0.4, -0.2) is 12.6 Å². The molecule has 1 aliphatic heterocycles. The fourth-order valence-electron chi connectivity index (χ4n) is 3.03. The Balaban J connectivity index is 2.33. The molecule has 2 N–H and O–H groups in total. The average Bonchev–Trinajstić information content (AvgIpc) is 2.69. The molecule has 0 saturated heterocycles. The Morgan fingerprint density at radius 2 is 2.04 bits per heavy atom. The van der Waals surface area contributed by atoms with Crippen LogP contribution in [0.1, 0.15) is 24.0 Å². The zero-order valence-corrected chi connectivity index (χ0v) is 16.5. The van der Waals surface area contributed by atoms with Crippen molar-refractivity contribution in [3.63, 3.8) is 0 Å². The van der Waals surface area contributed by atoms with Crippen molar-refractivity contribution in [2.75, 3.05) is 6.61 Å². The maximum absolute atomic E-state index is 14.7. The minimum atomic E-state index is -1.06. The van der Waals surface area contributed by atoms with Gasteiger partial charge in [-0.15, -0.1) is 0 Å². The molecule has 3 rings (SSSR count). The number of nitrogens with zero attached hydrogens (tertiary/aromatic N) is 1. The van der Waals surface area contributed by atoms with Crippen molar-refractivity contribution in [3.05, 3.63) is 87.0 Å². The number of nitriles is 1. The van der Waals surface area contributed by atoms with E-state index in [0.717, 1.165) is 0 Å². The normalized spacial score (nSPS) is 16.4. The Morgan fingerprint density at radius 3 is 2.68 bits per heavy atom. The molecule has 0 spiro atoms. The predicted molar refractivity (Wildman–Crippen MR) is 105 cm³/mol. The quantitative estimate of drug-likeness (QED) is 0.710. The lowest BCUT2D eigenvalue weighted by Crippen LogP contribution is -2.26. The summed E-state index contributed by atoms with van der Waals surface area (Å²) in [6.07, 6.45) is 0. The summed E-state index contributed by atoms with van der Waals surface area (Å²) in [4.78, 5) is 12.9. The third-order valence-corrected chi connectivity index (χ3v) is 4.71. The van der Waals surface area contributed by atoms with Crippen molar-refractivity contribution in [2.24, 2.45) is 5.73 Å². The molecule has 0 saturated carbocycles. The highest BCUT2D eigenvalue weighted by molar-refractivity contribution is 9.10. The van der Waals surface area contributed by atoms with Crippen LogP contribution >= 0.6 is 15.9 Å². The number of esters is 1. The molecule has 7 heteroatoms. The number of nitrogens with two attached hydrogens (primary N) is 1. The van der Waals surface area contributed by atoms with Crippen molar-refractivity contribution < 1.29 is 18.7 Å². The van der Waals surface area contributed by atoms with Crippen molar-refractivity contribution in [1.82, 2.24) is 0 Å². The minimum absolute atomic E-state index is 0.0239. The first-order chi connectivity index (χ1) is 13.5. The van der Waals surface area contributed by atoms with Gasteiger partial charge < -0.3 is 15.2 Å². The van der Waals surface area contributed by atoms with Gasteiger partial charge >= 0.3 is 5.97 Å². The van der Waals surface area contributed by atoms with E-state index in [0.29, 0.717) is 10.0 Å². The average molecular weight is 443 g/mol. The molecule has 0 bridgehead atoms. The molecular formula is C21H16BrFN2O3. The first kappa shape index (κ1) is 19.6. The number of allylic oxidation sites excluding steroid dienone is 1. The zero-order chi connectivity index (χ0) is 20.3. The third kappa shape index (κ3) is 3.64. The number of rotatable bonds is 4. The lowest BCUT2D eigenvalue weighted by molar-refractivity contribution is -0.138. The van der Waals surface area contributed by atoms with Crippen LogP contribution < -0.4 is 5.73 Å². The molecule has 0 fully saturated rings. The Hall–Kier alpha value is -3.11. The Morgan fingerprint density at radius 1 is 1.32 bits per heavy atom. The molecule has 5 nitrogen and oxygen atoms in total. The standard InChI is InChI=1S/C21H16BrFN2O3/c1-2-27-21(26)18-17(14-10-13(22)8-9-16(14)23)15(11-24)20(25)28-19(18)12-6-4-3-5-7-12/h3-10,17H,2,25H2,1H3/t17-/m0/s1. The fraction of sp³-hybridized carbons (Fsp3) is 0.143. The summed E-state index contributed by atoms with van der Waals surface area (Å²) in [5.74, 6) is -2.39. The van der Waals surface area contributed by atoms with E-state index in [1.165, 1.54) is 18.2 Å². The van der Waals surface area contributed by atoms with Crippen LogP contribution in [0.2, 0.25) is 0 Å². The number of hydrogen-bond acceptors (Lipinski definition) is 5. The van der Waals surface area contributed by atoms with Crippen molar-refractivity contribution >= 4 is 27.7 Å². The second-order valence-corrected chi connectivity index (χ2v) is 6.84. The topological polar surface area (TPSA) is 85.3 Å². The molecule has 0 unspecified atom stereocenters. The first-order valence-electron chi connectivity index (χ1n) is 8.47. The molecular weight excluding hydrogens is 427 g/mol. The summed E-state index contributed by atoms with van der Waals surface area (Å²) in [5.41, 5.74) is 6.63. The Bertz CT molecular complexity index is 1030. The van der Waals surface area contributed by atoms with E-state index in [-0.39, 0.29) is 35.0 Å². The number of carbonyl (C=O) groups excluding carboxylic acids is 1. The van der Waals surface area contributed by atoms with Gasteiger partial charge in [0.25, 0.3) is 0 Å². The van der Waals surface area contributed by atoms with E-state index in [4.69, 9.17) is 15.2 Å². The van der Waals surface area contributed by atoms with Crippen molar-refractivity contribution in [3.8, 4) is 6.07 Å². The van der Waals surface area contributed by atoms with Gasteiger partial charge in [-0.3, -0.25) is 0 Å². The molecule has 2 aromatic carbocycles. The van der Waals surface area contributed by atoms with Crippen LogP contribution in [0.3, 0.4) is 0 Å². The third-order valence-electron chi connectivity index (χ3n) is 4.22. The second kappa shape index (κ2) is 8.28. The van der Waals surface area contributed by atoms with Gasteiger partial charge in [-0.1, -0.05) is 46.3 Å². The molecule has 2 aromatic rings. The van der Waals surface area contributed by atoms with Gasteiger partial charge in [-0.05, 0) is 25.1 Å². The smallest absolute Gasteiger partial charge is 0.338 e. The molecule has 1 atom stereocenters. The van der Waals surface area contributed by atoms with E-state index >= 15 is 0 Å². The van der Waals surface area contributed by atoms with Gasteiger partial charge in [0.2, 0.25) is 5.88 Å². The highest BCUT2D eigenvalue weighted by Crippen LogP contribution is 2.44.